The second-order valence-corrected chi connectivity index (χ2v) is 8.82. The summed E-state index contributed by atoms with van der Waals surface area (Å²) in [6.45, 7) is 5.47. The molecule has 0 heterocycles. The van der Waals surface area contributed by atoms with Crippen LogP contribution in [0.5, 0.6) is 0 Å². The van der Waals surface area contributed by atoms with Crippen LogP contribution in [0.1, 0.15) is 26.7 Å². The quantitative estimate of drug-likeness (QED) is 0.436. The van der Waals surface area contributed by atoms with Crippen LogP contribution in [-0.4, -0.2) is 29.1 Å². The zero-order chi connectivity index (χ0) is 17.7. The van der Waals surface area contributed by atoms with Crippen molar-refractivity contribution in [3.05, 3.63) is 54.6 Å². The Morgan fingerprint density at radius 3 is 1.96 bits per heavy atom. The Morgan fingerprint density at radius 2 is 1.36 bits per heavy atom. The summed E-state index contributed by atoms with van der Waals surface area (Å²) in [7, 11) is -1.23. The first-order chi connectivity index (χ1) is 12.2. The molecule has 0 saturated heterocycles. The molecule has 4 heteroatoms. The van der Waals surface area contributed by atoms with Crippen LogP contribution in [0.4, 0.5) is 0 Å². The molecule has 132 valence electrons. The largest absolute Gasteiger partial charge is 0.537 e. The second kappa shape index (κ2) is 8.10. The zero-order valence-corrected chi connectivity index (χ0v) is 16.2. The average Bonchev–Trinajstić information content (AvgIpc) is 2.67. The van der Waals surface area contributed by atoms with E-state index in [4.69, 9.17) is 13.3 Å². The van der Waals surface area contributed by atoms with Crippen molar-refractivity contribution in [3.8, 4) is 0 Å². The minimum Gasteiger partial charge on any atom is -0.373 e. The van der Waals surface area contributed by atoms with Crippen LogP contribution in [-0.2, 0) is 13.3 Å². The van der Waals surface area contributed by atoms with E-state index in [1.807, 2.05) is 0 Å². The predicted molar refractivity (Wildman–Crippen MR) is 106 cm³/mol. The number of rotatable bonds is 8. The molecule has 0 fully saturated rings. The van der Waals surface area contributed by atoms with Gasteiger partial charge >= 0.3 is 8.80 Å². The highest BCUT2D eigenvalue weighted by molar-refractivity contribution is 6.77. The fourth-order valence-corrected chi connectivity index (χ4v) is 5.77. The molecule has 3 aromatic rings. The maximum Gasteiger partial charge on any atom is 0.537 e. The maximum absolute atomic E-state index is 6.23. The molecule has 0 aliphatic carbocycles. The zero-order valence-electron chi connectivity index (χ0n) is 15.2. The number of hydrogen-bond acceptors (Lipinski definition) is 3. The first-order valence-electron chi connectivity index (χ1n) is 8.99. The highest BCUT2D eigenvalue weighted by Gasteiger charge is 2.44. The lowest BCUT2D eigenvalue weighted by Gasteiger charge is -2.29. The van der Waals surface area contributed by atoms with Gasteiger partial charge in [0.25, 0.3) is 0 Å². The van der Waals surface area contributed by atoms with Crippen LogP contribution in [0.25, 0.3) is 21.5 Å². The van der Waals surface area contributed by atoms with E-state index in [-0.39, 0.29) is 0 Å². The third-order valence-corrected chi connectivity index (χ3v) is 7.14. The van der Waals surface area contributed by atoms with Gasteiger partial charge in [-0.2, -0.15) is 0 Å². The van der Waals surface area contributed by atoms with Crippen molar-refractivity contribution in [2.45, 2.75) is 26.7 Å². The van der Waals surface area contributed by atoms with Crippen molar-refractivity contribution in [1.82, 2.24) is 0 Å². The number of benzene rings is 3. The minimum absolute atomic E-state index is 0.633. The summed E-state index contributed by atoms with van der Waals surface area (Å²) in [4.78, 5) is 0. The highest BCUT2D eigenvalue weighted by Crippen LogP contribution is 2.24. The van der Waals surface area contributed by atoms with Crippen molar-refractivity contribution in [3.63, 3.8) is 0 Å². The van der Waals surface area contributed by atoms with E-state index >= 15 is 0 Å². The third kappa shape index (κ3) is 3.62. The molecule has 0 bridgehead atoms. The molecule has 0 N–H and O–H groups in total. The summed E-state index contributed by atoms with van der Waals surface area (Å²) in [5.74, 6) is 0. The van der Waals surface area contributed by atoms with Gasteiger partial charge in [0.1, 0.15) is 0 Å². The Morgan fingerprint density at radius 1 is 0.760 bits per heavy atom. The molecule has 3 aromatic carbocycles. The van der Waals surface area contributed by atoms with Crippen LogP contribution in [0.2, 0.25) is 0 Å². The number of hydrogen-bond donors (Lipinski definition) is 0. The van der Waals surface area contributed by atoms with E-state index in [2.05, 4.69) is 68.4 Å². The highest BCUT2D eigenvalue weighted by atomic mass is 28.4. The van der Waals surface area contributed by atoms with Gasteiger partial charge in [-0.25, -0.2) is 0 Å². The molecule has 0 radical (unpaired) electrons. The number of fused-ring (bicyclic) bond motifs is 2. The molecule has 0 unspecified atom stereocenters. The molecule has 0 aliphatic rings. The molecule has 3 rings (SSSR count). The van der Waals surface area contributed by atoms with Gasteiger partial charge in [0.05, 0.1) is 0 Å². The predicted octanol–water partition coefficient (Wildman–Crippen LogP) is 4.64. The molecule has 0 aliphatic heterocycles. The van der Waals surface area contributed by atoms with Crippen LogP contribution >= 0.6 is 0 Å². The topological polar surface area (TPSA) is 27.7 Å². The first-order valence-corrected chi connectivity index (χ1v) is 10.7. The van der Waals surface area contributed by atoms with Crippen LogP contribution in [0.3, 0.4) is 0 Å². The smallest absolute Gasteiger partial charge is 0.373 e. The fourth-order valence-electron chi connectivity index (χ4n) is 3.13. The van der Waals surface area contributed by atoms with Gasteiger partial charge in [0, 0.05) is 25.5 Å². The van der Waals surface area contributed by atoms with Crippen molar-refractivity contribution in [2.24, 2.45) is 0 Å². The summed E-state index contributed by atoms with van der Waals surface area (Å²) < 4.78 is 18.4. The van der Waals surface area contributed by atoms with E-state index in [1.165, 1.54) is 16.2 Å². The molecule has 3 nitrogen and oxygen atoms in total. The van der Waals surface area contributed by atoms with Crippen molar-refractivity contribution in [1.29, 1.82) is 0 Å². The molecule has 25 heavy (non-hydrogen) atoms. The van der Waals surface area contributed by atoms with E-state index < -0.39 is 8.80 Å². The summed E-state index contributed by atoms with van der Waals surface area (Å²) in [6.07, 6.45) is 1.86. The summed E-state index contributed by atoms with van der Waals surface area (Å²) >= 11 is 0. The normalized spacial score (nSPS) is 12.1. The van der Waals surface area contributed by atoms with Gasteiger partial charge in [-0.1, -0.05) is 56.3 Å². The van der Waals surface area contributed by atoms with Crippen molar-refractivity contribution >= 4 is 35.5 Å². The molecule has 0 atom stereocenters. The summed E-state index contributed by atoms with van der Waals surface area (Å²) in [6, 6.07) is 19.2. The van der Waals surface area contributed by atoms with Crippen LogP contribution in [0.15, 0.2) is 54.6 Å². The Bertz CT molecular complexity index is 839. The van der Waals surface area contributed by atoms with Crippen LogP contribution in [0, 0.1) is 0 Å². The van der Waals surface area contributed by atoms with Gasteiger partial charge in [-0.3, -0.25) is 0 Å². The van der Waals surface area contributed by atoms with Gasteiger partial charge < -0.3 is 13.3 Å². The van der Waals surface area contributed by atoms with Crippen LogP contribution < -0.4 is 5.19 Å². The van der Waals surface area contributed by atoms with Crippen molar-refractivity contribution < 1.29 is 13.3 Å². The van der Waals surface area contributed by atoms with E-state index in [0.717, 1.165) is 23.4 Å². The van der Waals surface area contributed by atoms with E-state index in [9.17, 15) is 0 Å². The first kappa shape index (κ1) is 18.1. The van der Waals surface area contributed by atoms with Gasteiger partial charge in [-0.05, 0) is 46.5 Å². The second-order valence-electron chi connectivity index (χ2n) is 6.18. The minimum atomic E-state index is -2.94. The molecule has 0 spiro atoms. The fraction of sp³-hybridized carbons (Fsp3) is 0.333. The molecule has 0 aromatic heterocycles. The summed E-state index contributed by atoms with van der Waals surface area (Å²) in [5, 5.41) is 5.85. The Kier molecular flexibility index (Phi) is 5.86. The molecular weight excluding hydrogens is 328 g/mol. The monoisotopic (exact) mass is 354 g/mol. The SMILES string of the molecule is CCCO[Si](OC)(OCCC)c1cccc2cc3ccccc3cc12. The maximum atomic E-state index is 6.23. The van der Waals surface area contributed by atoms with Gasteiger partial charge in [-0.15, -0.1) is 0 Å². The van der Waals surface area contributed by atoms with Gasteiger partial charge in [0.2, 0.25) is 0 Å². The third-order valence-electron chi connectivity index (χ3n) is 4.34. The lowest BCUT2D eigenvalue weighted by atomic mass is 10.0. The van der Waals surface area contributed by atoms with E-state index in [0.29, 0.717) is 13.2 Å². The summed E-state index contributed by atoms with van der Waals surface area (Å²) in [5.41, 5.74) is 0. The molecular formula is C21H26O3Si. The lowest BCUT2D eigenvalue weighted by Crippen LogP contribution is -2.56. The Labute approximate surface area is 150 Å². The Hall–Kier alpha value is -1.72. The standard InChI is InChI=1S/C21H26O3Si/c1-4-13-23-25(22-3,24-14-5-2)21-12-8-11-19-15-17-9-6-7-10-18(17)16-20(19)21/h6-12,15-16H,4-5,13-14H2,1-3H3. The van der Waals surface area contributed by atoms with Gasteiger partial charge in [0.15, 0.2) is 0 Å². The Balaban J connectivity index is 2.20. The average molecular weight is 355 g/mol. The molecule has 0 amide bonds. The lowest BCUT2D eigenvalue weighted by molar-refractivity contribution is 0.0923. The van der Waals surface area contributed by atoms with E-state index in [1.54, 1.807) is 7.11 Å². The molecule has 0 saturated carbocycles. The van der Waals surface area contributed by atoms with Crippen molar-refractivity contribution in [2.75, 3.05) is 20.3 Å².